The maximum Gasteiger partial charge on any atom is 0.240 e. The first kappa shape index (κ1) is 11.3. The maximum absolute atomic E-state index is 12.0. The Labute approximate surface area is 96.0 Å². The summed E-state index contributed by atoms with van der Waals surface area (Å²) >= 11 is 1.88. The number of carbonyl (C=O) groups is 1. The molecule has 1 N–H and O–H groups in total. The third-order valence-electron chi connectivity index (χ3n) is 3.35. The Morgan fingerprint density at radius 3 is 2.87 bits per heavy atom. The summed E-state index contributed by atoms with van der Waals surface area (Å²) in [7, 11) is 1.95. The van der Waals surface area contributed by atoms with Gasteiger partial charge in [0.1, 0.15) is 0 Å². The van der Waals surface area contributed by atoms with Gasteiger partial charge in [0.05, 0.1) is 6.04 Å². The molecule has 86 valence electrons. The predicted octanol–water partition coefficient (Wildman–Crippen LogP) is 0.950. The fraction of sp³-hybridized carbons (Fsp3) is 0.909. The topological polar surface area (TPSA) is 32.3 Å². The van der Waals surface area contributed by atoms with Crippen LogP contribution in [0.2, 0.25) is 0 Å². The first-order valence-electron chi connectivity index (χ1n) is 5.83. The van der Waals surface area contributed by atoms with E-state index in [4.69, 9.17) is 0 Å². The van der Waals surface area contributed by atoms with Gasteiger partial charge >= 0.3 is 0 Å². The zero-order valence-electron chi connectivity index (χ0n) is 9.37. The monoisotopic (exact) mass is 228 g/mol. The number of carbonyl (C=O) groups excluding carboxylic acids is 1. The van der Waals surface area contributed by atoms with Crippen molar-refractivity contribution in [2.24, 2.45) is 5.92 Å². The molecular formula is C11H20N2OS. The summed E-state index contributed by atoms with van der Waals surface area (Å²) < 4.78 is 0. The van der Waals surface area contributed by atoms with E-state index in [0.717, 1.165) is 30.5 Å². The van der Waals surface area contributed by atoms with E-state index in [1.807, 2.05) is 23.7 Å². The average Bonchev–Trinajstić information content (AvgIpc) is 2.23. The highest BCUT2D eigenvalue weighted by Crippen LogP contribution is 2.27. The summed E-state index contributed by atoms with van der Waals surface area (Å²) in [4.78, 5) is 13.9. The van der Waals surface area contributed by atoms with Gasteiger partial charge in [-0.1, -0.05) is 6.42 Å². The molecule has 2 fully saturated rings. The SMILES string of the molecule is CN(CC1CCC1)C(=O)C1CSCCN1. The standard InChI is InChI=1S/C11H20N2OS/c1-13(7-9-3-2-4-9)11(14)10-8-15-6-5-12-10/h9-10,12H,2-8H2,1H3. The third-order valence-corrected chi connectivity index (χ3v) is 4.41. The molecule has 1 aliphatic heterocycles. The van der Waals surface area contributed by atoms with E-state index < -0.39 is 0 Å². The van der Waals surface area contributed by atoms with Gasteiger partial charge in [-0.2, -0.15) is 11.8 Å². The lowest BCUT2D eigenvalue weighted by Crippen LogP contribution is -2.50. The molecule has 2 aliphatic rings. The molecule has 0 aromatic carbocycles. The average molecular weight is 228 g/mol. The third kappa shape index (κ3) is 2.88. The Kier molecular flexibility index (Phi) is 3.92. The van der Waals surface area contributed by atoms with Crippen molar-refractivity contribution in [3.8, 4) is 0 Å². The molecule has 4 heteroatoms. The molecule has 0 bridgehead atoms. The van der Waals surface area contributed by atoms with Crippen molar-refractivity contribution in [2.45, 2.75) is 25.3 Å². The van der Waals surface area contributed by atoms with Gasteiger partial charge in [-0.15, -0.1) is 0 Å². The van der Waals surface area contributed by atoms with Gasteiger partial charge < -0.3 is 10.2 Å². The normalized spacial score (nSPS) is 27.1. The van der Waals surface area contributed by atoms with Crippen molar-refractivity contribution < 1.29 is 4.79 Å². The second-order valence-electron chi connectivity index (χ2n) is 4.60. The van der Waals surface area contributed by atoms with E-state index in [-0.39, 0.29) is 11.9 Å². The molecule has 3 nitrogen and oxygen atoms in total. The highest BCUT2D eigenvalue weighted by Gasteiger charge is 2.27. The van der Waals surface area contributed by atoms with Crippen LogP contribution in [0.3, 0.4) is 0 Å². The Balaban J connectivity index is 1.77. The molecule has 1 aliphatic carbocycles. The van der Waals surface area contributed by atoms with Crippen LogP contribution in [0.25, 0.3) is 0 Å². The Hall–Kier alpha value is -0.220. The molecule has 1 heterocycles. The van der Waals surface area contributed by atoms with Crippen LogP contribution in [0, 0.1) is 5.92 Å². The van der Waals surface area contributed by atoms with Crippen LogP contribution in [0.15, 0.2) is 0 Å². The summed E-state index contributed by atoms with van der Waals surface area (Å²) in [5.74, 6) is 3.13. The minimum absolute atomic E-state index is 0.0637. The van der Waals surface area contributed by atoms with Gasteiger partial charge in [0.2, 0.25) is 5.91 Å². The van der Waals surface area contributed by atoms with Gasteiger partial charge in [-0.05, 0) is 18.8 Å². The molecule has 1 saturated carbocycles. The molecule has 2 rings (SSSR count). The summed E-state index contributed by atoms with van der Waals surface area (Å²) in [6.07, 6.45) is 3.97. The summed E-state index contributed by atoms with van der Waals surface area (Å²) in [5, 5.41) is 3.30. The first-order chi connectivity index (χ1) is 7.27. The molecular weight excluding hydrogens is 208 g/mol. The number of nitrogens with one attached hydrogen (secondary N) is 1. The van der Waals surface area contributed by atoms with Crippen molar-refractivity contribution >= 4 is 17.7 Å². The molecule has 15 heavy (non-hydrogen) atoms. The lowest BCUT2D eigenvalue weighted by molar-refractivity contribution is -0.132. The van der Waals surface area contributed by atoms with E-state index >= 15 is 0 Å². The van der Waals surface area contributed by atoms with Crippen LogP contribution in [-0.4, -0.2) is 48.5 Å². The smallest absolute Gasteiger partial charge is 0.240 e. The highest BCUT2D eigenvalue weighted by atomic mass is 32.2. The molecule has 0 aromatic heterocycles. The fourth-order valence-electron chi connectivity index (χ4n) is 2.14. The molecule has 0 radical (unpaired) electrons. The van der Waals surface area contributed by atoms with E-state index in [0.29, 0.717) is 0 Å². The van der Waals surface area contributed by atoms with Gasteiger partial charge in [0.25, 0.3) is 0 Å². The van der Waals surface area contributed by atoms with Crippen LogP contribution >= 0.6 is 11.8 Å². The summed E-state index contributed by atoms with van der Waals surface area (Å²) in [6.45, 7) is 1.93. The van der Waals surface area contributed by atoms with Crippen molar-refractivity contribution in [2.75, 3.05) is 31.6 Å². The second-order valence-corrected chi connectivity index (χ2v) is 5.75. The van der Waals surface area contributed by atoms with Crippen LogP contribution in [-0.2, 0) is 4.79 Å². The molecule has 1 unspecified atom stereocenters. The number of likely N-dealkylation sites (N-methyl/N-ethyl adjacent to an activating group) is 1. The second kappa shape index (κ2) is 5.21. The molecule has 1 amide bonds. The van der Waals surface area contributed by atoms with Crippen LogP contribution in [0.1, 0.15) is 19.3 Å². The number of nitrogens with zero attached hydrogens (tertiary/aromatic N) is 1. The molecule has 1 atom stereocenters. The Morgan fingerprint density at radius 2 is 2.33 bits per heavy atom. The molecule has 1 saturated heterocycles. The van der Waals surface area contributed by atoms with E-state index in [1.165, 1.54) is 19.3 Å². The predicted molar refractivity (Wildman–Crippen MR) is 64.1 cm³/mol. The lowest BCUT2D eigenvalue weighted by Gasteiger charge is -2.33. The van der Waals surface area contributed by atoms with Crippen LogP contribution in [0.5, 0.6) is 0 Å². The first-order valence-corrected chi connectivity index (χ1v) is 6.99. The van der Waals surface area contributed by atoms with Crippen molar-refractivity contribution in [3.05, 3.63) is 0 Å². The highest BCUT2D eigenvalue weighted by molar-refractivity contribution is 7.99. The number of hydrogen-bond donors (Lipinski definition) is 1. The molecule has 0 aromatic rings. The lowest BCUT2D eigenvalue weighted by atomic mass is 9.85. The van der Waals surface area contributed by atoms with E-state index in [1.54, 1.807) is 0 Å². The number of thioether (sulfide) groups is 1. The Morgan fingerprint density at radius 1 is 1.53 bits per heavy atom. The number of amides is 1. The van der Waals surface area contributed by atoms with Gasteiger partial charge in [-0.25, -0.2) is 0 Å². The minimum Gasteiger partial charge on any atom is -0.344 e. The summed E-state index contributed by atoms with van der Waals surface area (Å²) in [5.41, 5.74) is 0. The fourth-order valence-corrected chi connectivity index (χ4v) is 3.07. The van der Waals surface area contributed by atoms with Gasteiger partial charge in [0.15, 0.2) is 0 Å². The maximum atomic E-state index is 12.0. The Bertz CT molecular complexity index is 225. The van der Waals surface area contributed by atoms with Crippen LogP contribution in [0.4, 0.5) is 0 Å². The quantitative estimate of drug-likeness (QED) is 0.780. The van der Waals surface area contributed by atoms with E-state index in [9.17, 15) is 4.79 Å². The molecule has 0 spiro atoms. The number of rotatable bonds is 3. The summed E-state index contributed by atoms with van der Waals surface area (Å²) in [6, 6.07) is 0.0637. The van der Waals surface area contributed by atoms with Crippen molar-refractivity contribution in [1.82, 2.24) is 10.2 Å². The van der Waals surface area contributed by atoms with Crippen molar-refractivity contribution in [1.29, 1.82) is 0 Å². The van der Waals surface area contributed by atoms with Crippen LogP contribution < -0.4 is 5.32 Å². The van der Waals surface area contributed by atoms with Gasteiger partial charge in [-0.3, -0.25) is 4.79 Å². The zero-order chi connectivity index (χ0) is 10.7. The van der Waals surface area contributed by atoms with Gasteiger partial charge in [0, 0.05) is 31.6 Å². The largest absolute Gasteiger partial charge is 0.344 e. The zero-order valence-corrected chi connectivity index (χ0v) is 10.2. The van der Waals surface area contributed by atoms with Crippen molar-refractivity contribution in [3.63, 3.8) is 0 Å². The van der Waals surface area contributed by atoms with E-state index in [2.05, 4.69) is 5.32 Å². The minimum atomic E-state index is 0.0637. The number of hydrogen-bond acceptors (Lipinski definition) is 3.